The summed E-state index contributed by atoms with van der Waals surface area (Å²) in [6, 6.07) is 11.3. The van der Waals surface area contributed by atoms with Gasteiger partial charge in [-0.15, -0.1) is 0 Å². The zero-order valence-corrected chi connectivity index (χ0v) is 11.3. The minimum Gasteiger partial charge on any atom is -0.489 e. The molecule has 3 nitrogen and oxygen atoms in total. The van der Waals surface area contributed by atoms with E-state index in [1.807, 2.05) is 0 Å². The van der Waals surface area contributed by atoms with E-state index >= 15 is 0 Å². The van der Waals surface area contributed by atoms with E-state index in [1.54, 1.807) is 30.3 Å². The Morgan fingerprint density at radius 3 is 2.75 bits per heavy atom. The van der Waals surface area contributed by atoms with Crippen LogP contribution in [0.15, 0.2) is 36.4 Å². The second-order valence-corrected chi connectivity index (χ2v) is 4.61. The number of hydrogen-bond donors (Lipinski definition) is 1. The van der Waals surface area contributed by atoms with Crippen LogP contribution in [-0.4, -0.2) is 0 Å². The van der Waals surface area contributed by atoms with Gasteiger partial charge in [0, 0.05) is 17.1 Å². The third-order valence-electron chi connectivity index (χ3n) is 2.79. The van der Waals surface area contributed by atoms with E-state index in [2.05, 4.69) is 0 Å². The van der Waals surface area contributed by atoms with E-state index in [0.717, 1.165) is 5.56 Å². The first-order valence-electron chi connectivity index (χ1n) is 5.94. The average molecular weight is 291 g/mol. The molecule has 2 N–H and O–H groups in total. The monoisotopic (exact) mass is 290 g/mol. The smallest absolute Gasteiger partial charge is 0.140 e. The summed E-state index contributed by atoms with van der Waals surface area (Å²) in [7, 11) is 0. The minimum atomic E-state index is -0.537. The van der Waals surface area contributed by atoms with Gasteiger partial charge in [0.15, 0.2) is 0 Å². The fourth-order valence-electron chi connectivity index (χ4n) is 1.76. The Kier molecular flexibility index (Phi) is 4.57. The lowest BCUT2D eigenvalue weighted by Crippen LogP contribution is -2.03. The SMILES string of the molecule is N#Cc1cc(COc2ccc(Cl)cc2CN)ccc1F. The molecule has 0 aliphatic carbocycles. The van der Waals surface area contributed by atoms with Gasteiger partial charge in [-0.05, 0) is 35.9 Å². The van der Waals surface area contributed by atoms with Gasteiger partial charge >= 0.3 is 0 Å². The lowest BCUT2D eigenvalue weighted by molar-refractivity contribution is 0.303. The first kappa shape index (κ1) is 14.3. The van der Waals surface area contributed by atoms with E-state index in [0.29, 0.717) is 22.9 Å². The molecule has 0 saturated heterocycles. The van der Waals surface area contributed by atoms with E-state index in [4.69, 9.17) is 27.3 Å². The molecule has 0 aromatic heterocycles. The normalized spacial score (nSPS) is 10.1. The van der Waals surface area contributed by atoms with Crippen LogP contribution in [0, 0.1) is 17.1 Å². The molecule has 20 heavy (non-hydrogen) atoms. The number of ether oxygens (including phenoxy) is 1. The molecule has 0 unspecified atom stereocenters. The lowest BCUT2D eigenvalue weighted by Gasteiger charge is -2.11. The number of hydrogen-bond acceptors (Lipinski definition) is 3. The number of nitrogens with two attached hydrogens (primary N) is 1. The molecule has 0 bridgehead atoms. The van der Waals surface area contributed by atoms with Crippen molar-refractivity contribution in [2.75, 3.05) is 0 Å². The maximum atomic E-state index is 13.2. The highest BCUT2D eigenvalue weighted by Crippen LogP contribution is 2.23. The molecule has 2 aromatic carbocycles. The summed E-state index contributed by atoms with van der Waals surface area (Å²) >= 11 is 5.88. The molecule has 2 rings (SSSR count). The highest BCUT2D eigenvalue weighted by Gasteiger charge is 2.06. The Morgan fingerprint density at radius 2 is 2.05 bits per heavy atom. The van der Waals surface area contributed by atoms with E-state index in [9.17, 15) is 4.39 Å². The highest BCUT2D eigenvalue weighted by molar-refractivity contribution is 6.30. The van der Waals surface area contributed by atoms with Gasteiger partial charge in [-0.1, -0.05) is 17.7 Å². The first-order chi connectivity index (χ1) is 9.63. The molecular formula is C15H12ClFN2O. The highest BCUT2D eigenvalue weighted by atomic mass is 35.5. The zero-order chi connectivity index (χ0) is 14.5. The molecule has 0 heterocycles. The van der Waals surface area contributed by atoms with Crippen LogP contribution in [0.2, 0.25) is 5.02 Å². The standard InChI is InChI=1S/C15H12ClFN2O/c16-13-2-4-15(12(6-13)8-19)20-9-10-1-3-14(17)11(5-10)7-18/h1-6H,8-9,19H2. The second kappa shape index (κ2) is 6.38. The van der Waals surface area contributed by atoms with E-state index < -0.39 is 5.82 Å². The summed E-state index contributed by atoms with van der Waals surface area (Å²) in [5, 5.41) is 9.37. The Balaban J connectivity index is 2.15. The van der Waals surface area contributed by atoms with Gasteiger partial charge < -0.3 is 10.5 Å². The molecule has 2 aromatic rings. The van der Waals surface area contributed by atoms with Crippen molar-refractivity contribution < 1.29 is 9.13 Å². The number of nitrogens with zero attached hydrogens (tertiary/aromatic N) is 1. The third kappa shape index (κ3) is 3.27. The van der Waals surface area contributed by atoms with Crippen molar-refractivity contribution in [3.05, 3.63) is 63.9 Å². The van der Waals surface area contributed by atoms with Gasteiger partial charge in [0.25, 0.3) is 0 Å². The fraction of sp³-hybridized carbons (Fsp3) is 0.133. The van der Waals surface area contributed by atoms with Crippen molar-refractivity contribution in [2.24, 2.45) is 5.73 Å². The predicted molar refractivity (Wildman–Crippen MR) is 74.8 cm³/mol. The Hall–Kier alpha value is -2.09. The van der Waals surface area contributed by atoms with E-state index in [1.165, 1.54) is 12.1 Å². The molecule has 0 atom stereocenters. The number of nitriles is 1. The summed E-state index contributed by atoms with van der Waals surface area (Å²) in [5.74, 6) is 0.0881. The summed E-state index contributed by atoms with van der Waals surface area (Å²) in [4.78, 5) is 0. The maximum absolute atomic E-state index is 13.2. The molecule has 0 aliphatic heterocycles. The zero-order valence-electron chi connectivity index (χ0n) is 10.6. The molecular weight excluding hydrogens is 279 g/mol. The van der Waals surface area contributed by atoms with Gasteiger partial charge in [-0.2, -0.15) is 5.26 Å². The largest absolute Gasteiger partial charge is 0.489 e. The molecule has 0 amide bonds. The fourth-order valence-corrected chi connectivity index (χ4v) is 1.95. The van der Waals surface area contributed by atoms with Crippen molar-refractivity contribution in [3.8, 4) is 11.8 Å². The van der Waals surface area contributed by atoms with Gasteiger partial charge in [0.1, 0.15) is 24.2 Å². The van der Waals surface area contributed by atoms with Crippen LogP contribution in [0.25, 0.3) is 0 Å². The summed E-state index contributed by atoms with van der Waals surface area (Å²) in [5.41, 5.74) is 7.12. The molecule has 0 saturated carbocycles. The summed E-state index contributed by atoms with van der Waals surface area (Å²) in [6.45, 7) is 0.534. The number of halogens is 2. The minimum absolute atomic E-state index is 0.00116. The quantitative estimate of drug-likeness (QED) is 0.939. The van der Waals surface area contributed by atoms with E-state index in [-0.39, 0.29) is 12.2 Å². The molecule has 0 spiro atoms. The van der Waals surface area contributed by atoms with Gasteiger partial charge in [-0.25, -0.2) is 4.39 Å². The summed E-state index contributed by atoms with van der Waals surface area (Å²) in [6.07, 6.45) is 0. The molecule has 0 aliphatic rings. The van der Waals surface area contributed by atoms with Crippen molar-refractivity contribution >= 4 is 11.6 Å². The van der Waals surface area contributed by atoms with Crippen LogP contribution < -0.4 is 10.5 Å². The van der Waals surface area contributed by atoms with Gasteiger partial charge in [0.05, 0.1) is 5.56 Å². The van der Waals surface area contributed by atoms with Crippen LogP contribution in [0.3, 0.4) is 0 Å². The van der Waals surface area contributed by atoms with Crippen molar-refractivity contribution in [1.29, 1.82) is 5.26 Å². The average Bonchev–Trinajstić information content (AvgIpc) is 2.47. The van der Waals surface area contributed by atoms with Crippen LogP contribution in [0.1, 0.15) is 16.7 Å². The van der Waals surface area contributed by atoms with Crippen LogP contribution >= 0.6 is 11.6 Å². The van der Waals surface area contributed by atoms with Crippen LogP contribution in [0.4, 0.5) is 4.39 Å². The maximum Gasteiger partial charge on any atom is 0.140 e. The van der Waals surface area contributed by atoms with Crippen molar-refractivity contribution in [3.63, 3.8) is 0 Å². The second-order valence-electron chi connectivity index (χ2n) is 4.17. The Bertz CT molecular complexity index is 667. The topological polar surface area (TPSA) is 59.0 Å². The lowest BCUT2D eigenvalue weighted by atomic mass is 10.1. The molecule has 5 heteroatoms. The Labute approximate surface area is 121 Å². The molecule has 0 fully saturated rings. The molecule has 102 valence electrons. The number of rotatable bonds is 4. The first-order valence-corrected chi connectivity index (χ1v) is 6.31. The van der Waals surface area contributed by atoms with Crippen LogP contribution in [-0.2, 0) is 13.2 Å². The number of benzene rings is 2. The van der Waals surface area contributed by atoms with Gasteiger partial charge in [-0.3, -0.25) is 0 Å². The van der Waals surface area contributed by atoms with Gasteiger partial charge in [0.2, 0.25) is 0 Å². The third-order valence-corrected chi connectivity index (χ3v) is 3.02. The van der Waals surface area contributed by atoms with Crippen molar-refractivity contribution in [1.82, 2.24) is 0 Å². The van der Waals surface area contributed by atoms with Crippen LogP contribution in [0.5, 0.6) is 5.75 Å². The van der Waals surface area contributed by atoms with Crippen molar-refractivity contribution in [2.45, 2.75) is 13.2 Å². The molecule has 0 radical (unpaired) electrons. The Morgan fingerprint density at radius 1 is 1.25 bits per heavy atom. The summed E-state index contributed by atoms with van der Waals surface area (Å²) < 4.78 is 18.8. The predicted octanol–water partition coefficient (Wildman–Crippen LogP) is 3.39.